The molecule has 0 amide bonds. The van der Waals surface area contributed by atoms with Crippen LogP contribution in [0.25, 0.3) is 0 Å². The molecule has 0 unspecified atom stereocenters. The van der Waals surface area contributed by atoms with Gasteiger partial charge in [0.25, 0.3) is 0 Å². The number of rotatable bonds is 0. The summed E-state index contributed by atoms with van der Waals surface area (Å²) in [6.07, 6.45) is 0. The third kappa shape index (κ3) is 9.36. The van der Waals surface area contributed by atoms with Crippen LogP contribution in [0.2, 0.25) is 0 Å². The zero-order chi connectivity index (χ0) is 5.15. The van der Waals surface area contributed by atoms with Crippen molar-refractivity contribution in [2.24, 2.45) is 0 Å². The summed E-state index contributed by atoms with van der Waals surface area (Å²) in [5.74, 6) is -4.37. The molecule has 0 spiro atoms. The van der Waals surface area contributed by atoms with E-state index in [2.05, 4.69) is 0 Å². The van der Waals surface area contributed by atoms with Crippen molar-refractivity contribution in [1.82, 2.24) is 0 Å². The molecule has 0 heterocycles. The third-order valence-electron chi connectivity index (χ3n) is 0.167. The fourth-order valence-electron chi connectivity index (χ4n) is 0. The van der Waals surface area contributed by atoms with Crippen molar-refractivity contribution in [3.63, 3.8) is 0 Å². The first-order valence-electron chi connectivity index (χ1n) is 1.07. The Balaban J connectivity index is -0.000000125. The van der Waals surface area contributed by atoms with Gasteiger partial charge in [-0.3, -0.25) is 0 Å². The van der Waals surface area contributed by atoms with Crippen LogP contribution < -0.4 is 10.2 Å². The molecule has 0 atom stereocenters. The molecule has 0 bridgehead atoms. The van der Waals surface area contributed by atoms with Crippen molar-refractivity contribution in [2.45, 2.75) is 0 Å². The number of carboxylic acid groups (broad SMARTS) is 2. The SMILES string of the molecule is O=C([O-])C(=O)[O-].[Fe].[Fe]. The van der Waals surface area contributed by atoms with Crippen LogP contribution in [0.4, 0.5) is 0 Å². The average molecular weight is 200 g/mol. The predicted octanol–water partition coefficient (Wildman–Crippen LogP) is -3.52. The Morgan fingerprint density at radius 2 is 1.00 bits per heavy atom. The minimum Gasteiger partial charge on any atom is -0.543 e. The first kappa shape index (κ1) is 15.7. The number of carboxylic acids is 2. The van der Waals surface area contributed by atoms with Gasteiger partial charge in [0.1, 0.15) is 0 Å². The summed E-state index contributed by atoms with van der Waals surface area (Å²) in [6, 6.07) is 0. The summed E-state index contributed by atoms with van der Waals surface area (Å²) in [7, 11) is 0. The molecule has 0 radical (unpaired) electrons. The van der Waals surface area contributed by atoms with Gasteiger partial charge in [-0.15, -0.1) is 0 Å². The van der Waals surface area contributed by atoms with Crippen LogP contribution in [-0.4, -0.2) is 11.9 Å². The second-order valence-corrected chi connectivity index (χ2v) is 0.575. The molecule has 0 rings (SSSR count). The van der Waals surface area contributed by atoms with Crippen LogP contribution in [0.15, 0.2) is 0 Å². The van der Waals surface area contributed by atoms with Gasteiger partial charge in [0.2, 0.25) is 0 Å². The second kappa shape index (κ2) is 6.98. The van der Waals surface area contributed by atoms with E-state index in [-0.39, 0.29) is 34.1 Å². The Bertz CT molecular complexity index is 78.0. The fourth-order valence-corrected chi connectivity index (χ4v) is 0. The molecule has 0 aliphatic heterocycles. The van der Waals surface area contributed by atoms with Crippen molar-refractivity contribution in [2.75, 3.05) is 0 Å². The Kier molecular flexibility index (Phi) is 13.7. The standard InChI is InChI=1S/C2H2O4.2Fe/c3-1(4)2(5)6;;/h(H,3,4)(H,5,6);;/p-2. The molecular formula is C2Fe2O4-2. The molecule has 0 aromatic heterocycles. The second-order valence-electron chi connectivity index (χ2n) is 0.575. The van der Waals surface area contributed by atoms with Crippen LogP contribution in [0.3, 0.4) is 0 Å². The molecular weight excluding hydrogens is 200 g/mol. The molecule has 0 fully saturated rings. The molecule has 0 N–H and O–H groups in total. The number of carbonyl (C=O) groups excluding carboxylic acids is 2. The minimum absolute atomic E-state index is 0. The topological polar surface area (TPSA) is 80.3 Å². The van der Waals surface area contributed by atoms with Gasteiger partial charge in [0.05, 0.1) is 11.9 Å². The first-order chi connectivity index (χ1) is 2.64. The molecule has 0 aliphatic carbocycles. The third-order valence-corrected chi connectivity index (χ3v) is 0.167. The van der Waals surface area contributed by atoms with E-state index >= 15 is 0 Å². The van der Waals surface area contributed by atoms with Crippen LogP contribution in [0.5, 0.6) is 0 Å². The number of hydrogen-bond acceptors (Lipinski definition) is 4. The van der Waals surface area contributed by atoms with Gasteiger partial charge in [0.15, 0.2) is 0 Å². The summed E-state index contributed by atoms with van der Waals surface area (Å²) in [5, 5.41) is 17.9. The van der Waals surface area contributed by atoms with Crippen LogP contribution >= 0.6 is 0 Å². The summed E-state index contributed by atoms with van der Waals surface area (Å²) >= 11 is 0. The quantitative estimate of drug-likeness (QED) is 0.299. The van der Waals surface area contributed by atoms with E-state index in [0.717, 1.165) is 0 Å². The summed E-state index contributed by atoms with van der Waals surface area (Å²) in [6.45, 7) is 0. The van der Waals surface area contributed by atoms with E-state index in [1.54, 1.807) is 0 Å². The zero-order valence-electron chi connectivity index (χ0n) is 3.34. The van der Waals surface area contributed by atoms with Crippen molar-refractivity contribution in [3.8, 4) is 0 Å². The molecule has 0 saturated heterocycles. The number of carbonyl (C=O) groups is 2. The molecule has 0 aromatic carbocycles. The molecule has 0 aliphatic rings. The normalized spacial score (nSPS) is 5.50. The Labute approximate surface area is 66.2 Å². The van der Waals surface area contributed by atoms with E-state index in [4.69, 9.17) is 19.8 Å². The Morgan fingerprint density at radius 3 is 1.00 bits per heavy atom. The summed E-state index contributed by atoms with van der Waals surface area (Å²) in [5.41, 5.74) is 0. The molecule has 50 valence electrons. The molecule has 6 heteroatoms. The maximum absolute atomic E-state index is 8.93. The zero-order valence-corrected chi connectivity index (χ0v) is 5.55. The fraction of sp³-hybridized carbons (Fsp3) is 0. The predicted molar refractivity (Wildman–Crippen MR) is 10.0 cm³/mol. The maximum Gasteiger partial charge on any atom is 0.0870 e. The molecule has 4 nitrogen and oxygen atoms in total. The van der Waals surface area contributed by atoms with Crippen molar-refractivity contribution in [3.05, 3.63) is 0 Å². The molecule has 8 heavy (non-hydrogen) atoms. The van der Waals surface area contributed by atoms with Gasteiger partial charge in [0, 0.05) is 34.1 Å². The van der Waals surface area contributed by atoms with Crippen molar-refractivity contribution >= 4 is 11.9 Å². The van der Waals surface area contributed by atoms with Gasteiger partial charge in [-0.05, 0) is 0 Å². The number of aliphatic carboxylic acids is 2. The van der Waals surface area contributed by atoms with E-state index in [9.17, 15) is 0 Å². The van der Waals surface area contributed by atoms with Gasteiger partial charge in [-0.25, -0.2) is 0 Å². The summed E-state index contributed by atoms with van der Waals surface area (Å²) in [4.78, 5) is 17.9. The van der Waals surface area contributed by atoms with Crippen molar-refractivity contribution < 1.29 is 53.9 Å². The van der Waals surface area contributed by atoms with Crippen LogP contribution in [0.1, 0.15) is 0 Å². The number of hydrogen-bond donors (Lipinski definition) is 0. The largest absolute Gasteiger partial charge is 0.543 e. The average Bonchev–Trinajstić information content (AvgIpc) is 1.36. The van der Waals surface area contributed by atoms with Gasteiger partial charge < -0.3 is 19.8 Å². The Morgan fingerprint density at radius 1 is 0.875 bits per heavy atom. The minimum atomic E-state index is -2.19. The van der Waals surface area contributed by atoms with E-state index in [1.165, 1.54) is 0 Å². The van der Waals surface area contributed by atoms with Crippen LogP contribution in [0, 0.1) is 0 Å². The van der Waals surface area contributed by atoms with Crippen molar-refractivity contribution in [1.29, 1.82) is 0 Å². The first-order valence-corrected chi connectivity index (χ1v) is 1.07. The van der Waals surface area contributed by atoms with E-state index < -0.39 is 11.9 Å². The molecule has 0 saturated carbocycles. The Hall–Kier alpha value is -0.0210. The summed E-state index contributed by atoms with van der Waals surface area (Å²) < 4.78 is 0. The monoisotopic (exact) mass is 200 g/mol. The van der Waals surface area contributed by atoms with Crippen LogP contribution in [-0.2, 0) is 43.7 Å². The smallest absolute Gasteiger partial charge is 0.0870 e. The maximum atomic E-state index is 8.93. The molecule has 0 aromatic rings. The van der Waals surface area contributed by atoms with Gasteiger partial charge >= 0.3 is 0 Å². The van der Waals surface area contributed by atoms with Gasteiger partial charge in [-0.2, -0.15) is 0 Å². The van der Waals surface area contributed by atoms with E-state index in [0.29, 0.717) is 0 Å². The van der Waals surface area contributed by atoms with E-state index in [1.807, 2.05) is 0 Å². The van der Waals surface area contributed by atoms with Gasteiger partial charge in [-0.1, -0.05) is 0 Å².